The molecule has 6 rings (SSSR count). The van der Waals surface area contributed by atoms with E-state index in [2.05, 4.69) is 20.8 Å². The second kappa shape index (κ2) is 8.35. The van der Waals surface area contributed by atoms with Gasteiger partial charge in [-0.05, 0) is 76.0 Å². The van der Waals surface area contributed by atoms with E-state index in [4.69, 9.17) is 5.73 Å². The summed E-state index contributed by atoms with van der Waals surface area (Å²) < 4.78 is 1.90. The maximum absolute atomic E-state index is 12.7. The summed E-state index contributed by atoms with van der Waals surface area (Å²) in [4.78, 5) is 36.7. The molecule has 9 nitrogen and oxygen atoms in total. The molecule has 4 bridgehead atoms. The van der Waals surface area contributed by atoms with Gasteiger partial charge < -0.3 is 15.6 Å². The number of urea groups is 1. The Balaban J connectivity index is 1.18. The first-order valence-electron chi connectivity index (χ1n) is 11.8. The second-order valence-corrected chi connectivity index (χ2v) is 11.7. The van der Waals surface area contributed by atoms with Crippen LogP contribution in [0, 0.1) is 17.8 Å². The van der Waals surface area contributed by atoms with Crippen LogP contribution < -0.4 is 16.4 Å². The fourth-order valence-corrected chi connectivity index (χ4v) is 7.31. The molecule has 0 radical (unpaired) electrons. The molecule has 5 aliphatic carbocycles. The van der Waals surface area contributed by atoms with Crippen LogP contribution in [0.15, 0.2) is 5.16 Å². The topological polar surface area (TPSA) is 132 Å². The molecule has 1 unspecified atom stereocenters. The zero-order valence-corrected chi connectivity index (χ0v) is 19.3. The summed E-state index contributed by atoms with van der Waals surface area (Å²) >= 11 is 1.25. The molecule has 1 aromatic heterocycles. The smallest absolute Gasteiger partial charge is 0.321 e. The van der Waals surface area contributed by atoms with Gasteiger partial charge in [-0.1, -0.05) is 11.8 Å². The number of nitrogens with two attached hydrogens (primary N) is 1. The summed E-state index contributed by atoms with van der Waals surface area (Å²) in [5.41, 5.74) is 5.18. The third-order valence-corrected chi connectivity index (χ3v) is 8.66. The number of amides is 4. The number of carbonyl (C=O) groups is 3. The molecule has 5 fully saturated rings. The largest absolute Gasteiger partial charge is 0.370 e. The zero-order chi connectivity index (χ0) is 22.5. The van der Waals surface area contributed by atoms with E-state index in [0.29, 0.717) is 17.6 Å². The van der Waals surface area contributed by atoms with Crippen LogP contribution >= 0.6 is 11.8 Å². The minimum atomic E-state index is -0.527. The Labute approximate surface area is 192 Å². The first-order valence-corrected chi connectivity index (χ1v) is 12.7. The van der Waals surface area contributed by atoms with E-state index in [0.717, 1.165) is 55.7 Å². The minimum Gasteiger partial charge on any atom is -0.370 e. The zero-order valence-electron chi connectivity index (χ0n) is 18.5. The molecule has 32 heavy (non-hydrogen) atoms. The fraction of sp³-hybridized carbons (Fsp3) is 0.773. The van der Waals surface area contributed by atoms with Gasteiger partial charge in [-0.15, -0.1) is 10.2 Å². The highest BCUT2D eigenvalue weighted by molar-refractivity contribution is 8.00. The fourth-order valence-electron chi connectivity index (χ4n) is 6.42. The standard InChI is InChI=1S/C22H32N6O3S/c1-12(32-21-27-26-18(16-2-3-16)28(21)5-4-17(23)29)19(30)24-20(31)25-22-9-13-6-14(10-22)8-15(7-13)11-22/h12-16H,2-11H2,1H3,(H2,23,29)(H2,24,25,30,31). The molecule has 10 heteroatoms. The number of hydrogen-bond acceptors (Lipinski definition) is 6. The number of nitrogens with one attached hydrogen (secondary N) is 2. The number of aromatic nitrogens is 3. The Morgan fingerprint density at radius 2 is 1.75 bits per heavy atom. The molecule has 0 spiro atoms. The SMILES string of the molecule is CC(Sc1nnc(C2CC2)n1CCC(N)=O)C(=O)NC(=O)NC12CC3CC(CC(C3)C1)C2. The number of carbonyl (C=O) groups excluding carboxylic acids is 3. The highest BCUT2D eigenvalue weighted by Crippen LogP contribution is 2.55. The van der Waals surface area contributed by atoms with Crippen LogP contribution in [-0.2, 0) is 16.1 Å². The molecule has 1 atom stereocenters. The van der Waals surface area contributed by atoms with Crippen molar-refractivity contribution < 1.29 is 14.4 Å². The Hall–Kier alpha value is -2.10. The van der Waals surface area contributed by atoms with Crippen LogP contribution in [-0.4, -0.2) is 43.4 Å². The van der Waals surface area contributed by atoms with Gasteiger partial charge in [0.1, 0.15) is 5.82 Å². The van der Waals surface area contributed by atoms with E-state index in [1.54, 1.807) is 6.92 Å². The van der Waals surface area contributed by atoms with Crippen LogP contribution in [0.3, 0.4) is 0 Å². The first kappa shape index (κ1) is 21.7. The second-order valence-electron chi connectivity index (χ2n) is 10.4. The summed E-state index contributed by atoms with van der Waals surface area (Å²) in [5, 5.41) is 14.3. The average Bonchev–Trinajstić information content (AvgIpc) is 3.46. The highest BCUT2D eigenvalue weighted by Gasteiger charge is 2.51. The Kier molecular flexibility index (Phi) is 5.67. The molecule has 1 heterocycles. The summed E-state index contributed by atoms with van der Waals surface area (Å²) in [6.45, 7) is 2.15. The van der Waals surface area contributed by atoms with Gasteiger partial charge in [0, 0.05) is 24.4 Å². The van der Waals surface area contributed by atoms with Gasteiger partial charge in [0.25, 0.3) is 0 Å². The number of rotatable bonds is 8. The van der Waals surface area contributed by atoms with Crippen LogP contribution in [0.2, 0.25) is 0 Å². The maximum Gasteiger partial charge on any atom is 0.321 e. The van der Waals surface area contributed by atoms with Crippen molar-refractivity contribution in [1.29, 1.82) is 0 Å². The van der Waals surface area contributed by atoms with Gasteiger partial charge in [0.2, 0.25) is 11.8 Å². The number of nitrogens with zero attached hydrogens (tertiary/aromatic N) is 3. The van der Waals surface area contributed by atoms with Crippen molar-refractivity contribution in [2.75, 3.05) is 0 Å². The Morgan fingerprint density at radius 3 is 2.31 bits per heavy atom. The highest BCUT2D eigenvalue weighted by atomic mass is 32.2. The van der Waals surface area contributed by atoms with E-state index >= 15 is 0 Å². The summed E-state index contributed by atoms with van der Waals surface area (Å²) in [7, 11) is 0. The number of thioether (sulfide) groups is 1. The van der Waals surface area contributed by atoms with E-state index in [1.807, 2.05) is 4.57 Å². The predicted octanol–water partition coefficient (Wildman–Crippen LogP) is 2.31. The molecule has 1 aromatic rings. The Bertz CT molecular complexity index is 891. The lowest BCUT2D eigenvalue weighted by molar-refractivity contribution is -0.119. The maximum atomic E-state index is 12.7. The van der Waals surface area contributed by atoms with Crippen LogP contribution in [0.5, 0.6) is 0 Å². The average molecular weight is 461 g/mol. The van der Waals surface area contributed by atoms with Crippen molar-refractivity contribution in [3.8, 4) is 0 Å². The summed E-state index contributed by atoms with van der Waals surface area (Å²) in [6.07, 6.45) is 9.32. The van der Waals surface area contributed by atoms with Gasteiger partial charge in [0.15, 0.2) is 5.16 Å². The van der Waals surface area contributed by atoms with Gasteiger partial charge in [-0.25, -0.2) is 4.79 Å². The molecule has 0 aliphatic heterocycles. The van der Waals surface area contributed by atoms with Crippen molar-refractivity contribution in [1.82, 2.24) is 25.4 Å². The third kappa shape index (κ3) is 4.51. The van der Waals surface area contributed by atoms with Gasteiger partial charge in [-0.3, -0.25) is 14.9 Å². The molecule has 0 saturated heterocycles. The monoisotopic (exact) mass is 460 g/mol. The number of hydrogen-bond donors (Lipinski definition) is 3. The van der Waals surface area contributed by atoms with Crippen molar-refractivity contribution in [3.05, 3.63) is 5.82 Å². The molecular formula is C22H32N6O3S. The van der Waals surface area contributed by atoms with Crippen LogP contribution in [0.1, 0.15) is 76.5 Å². The predicted molar refractivity (Wildman–Crippen MR) is 119 cm³/mol. The normalized spacial score (nSPS) is 31.3. The molecule has 5 aliphatic rings. The van der Waals surface area contributed by atoms with E-state index < -0.39 is 11.3 Å². The third-order valence-electron chi connectivity index (χ3n) is 7.57. The first-order chi connectivity index (χ1) is 15.3. The molecular weight excluding hydrogens is 428 g/mol. The lowest BCUT2D eigenvalue weighted by Gasteiger charge is -2.56. The van der Waals surface area contributed by atoms with Crippen molar-refractivity contribution in [2.45, 2.75) is 93.1 Å². The lowest BCUT2D eigenvalue weighted by Crippen LogP contribution is -2.62. The van der Waals surface area contributed by atoms with Gasteiger partial charge in [-0.2, -0.15) is 0 Å². The van der Waals surface area contributed by atoms with Crippen molar-refractivity contribution in [2.24, 2.45) is 23.5 Å². The minimum absolute atomic E-state index is 0.135. The molecule has 5 saturated carbocycles. The molecule has 174 valence electrons. The van der Waals surface area contributed by atoms with Crippen LogP contribution in [0.4, 0.5) is 4.79 Å². The summed E-state index contributed by atoms with van der Waals surface area (Å²) in [5.74, 6) is 2.64. The van der Waals surface area contributed by atoms with Gasteiger partial charge >= 0.3 is 6.03 Å². The quantitative estimate of drug-likeness (QED) is 0.510. The van der Waals surface area contributed by atoms with Crippen LogP contribution in [0.25, 0.3) is 0 Å². The molecule has 0 aromatic carbocycles. The van der Waals surface area contributed by atoms with Crippen molar-refractivity contribution >= 4 is 29.6 Å². The summed E-state index contributed by atoms with van der Waals surface area (Å²) in [6, 6.07) is -0.390. The lowest BCUT2D eigenvalue weighted by atomic mass is 9.53. The number of primary amides is 1. The van der Waals surface area contributed by atoms with Gasteiger partial charge in [0.05, 0.1) is 5.25 Å². The van der Waals surface area contributed by atoms with E-state index in [1.165, 1.54) is 31.0 Å². The molecule has 4 N–H and O–H groups in total. The number of imide groups is 1. The van der Waals surface area contributed by atoms with E-state index in [9.17, 15) is 14.4 Å². The molecule has 4 amide bonds. The Morgan fingerprint density at radius 1 is 1.12 bits per heavy atom. The van der Waals surface area contributed by atoms with Crippen molar-refractivity contribution in [3.63, 3.8) is 0 Å². The van der Waals surface area contributed by atoms with E-state index in [-0.39, 0.29) is 23.8 Å².